The molecule has 7 nitrogen and oxygen atoms in total. The number of benzene rings is 3. The Labute approximate surface area is 168 Å². The van der Waals surface area contributed by atoms with Crippen LogP contribution in [0.3, 0.4) is 0 Å². The minimum atomic E-state index is -0.488. The molecule has 1 N–H and O–H groups in total. The molecule has 7 heteroatoms. The molecule has 0 saturated heterocycles. The molecule has 0 aliphatic rings. The van der Waals surface area contributed by atoms with Crippen molar-refractivity contribution in [2.24, 2.45) is 10.2 Å². The highest BCUT2D eigenvalue weighted by Crippen LogP contribution is 2.19. The van der Waals surface area contributed by atoms with E-state index in [1.165, 1.54) is 7.11 Å². The van der Waals surface area contributed by atoms with Gasteiger partial charge in [-0.05, 0) is 61.5 Å². The second kappa shape index (κ2) is 9.27. The number of hydrogen-bond donors (Lipinski definition) is 1. The van der Waals surface area contributed by atoms with Crippen molar-refractivity contribution >= 4 is 23.3 Å². The van der Waals surface area contributed by atoms with Gasteiger partial charge in [0.25, 0.3) is 5.91 Å². The number of nitrogens with one attached hydrogen (secondary N) is 1. The molecule has 0 saturated carbocycles. The molecule has 0 unspecified atom stereocenters. The molecule has 146 valence electrons. The zero-order chi connectivity index (χ0) is 20.6. The van der Waals surface area contributed by atoms with E-state index in [9.17, 15) is 9.59 Å². The number of carbonyl (C=O) groups excluding carboxylic acids is 2. The Morgan fingerprint density at radius 3 is 2.31 bits per heavy atom. The van der Waals surface area contributed by atoms with Crippen molar-refractivity contribution in [3.05, 3.63) is 89.5 Å². The standard InChI is InChI=1S/C22H19N3O4/c1-15-6-8-16(9-7-15)22(27)29-25-19-12-10-18(11-13-19)23-24-21(26)17-4-3-5-20(14-17)28-2/h3-14,25H,1-2H3. The van der Waals surface area contributed by atoms with Gasteiger partial charge in [0.2, 0.25) is 0 Å². The van der Waals surface area contributed by atoms with Crippen molar-refractivity contribution in [1.82, 2.24) is 0 Å². The molecule has 3 rings (SSSR count). The van der Waals surface area contributed by atoms with E-state index in [1.807, 2.05) is 19.1 Å². The summed E-state index contributed by atoms with van der Waals surface area (Å²) < 4.78 is 5.09. The summed E-state index contributed by atoms with van der Waals surface area (Å²) in [6.07, 6.45) is 0. The highest BCUT2D eigenvalue weighted by Gasteiger charge is 2.07. The van der Waals surface area contributed by atoms with Crippen molar-refractivity contribution in [2.45, 2.75) is 6.92 Å². The predicted molar refractivity (Wildman–Crippen MR) is 108 cm³/mol. The Kier molecular flexibility index (Phi) is 6.32. The number of methoxy groups -OCH3 is 1. The number of ether oxygens (including phenoxy) is 1. The van der Waals surface area contributed by atoms with E-state index in [1.54, 1.807) is 60.7 Å². The highest BCUT2D eigenvalue weighted by molar-refractivity contribution is 5.95. The lowest BCUT2D eigenvalue weighted by atomic mass is 10.2. The van der Waals surface area contributed by atoms with Crippen LogP contribution in [0.1, 0.15) is 26.3 Å². The quantitative estimate of drug-likeness (QED) is 0.467. The Hall–Kier alpha value is -4.00. The van der Waals surface area contributed by atoms with E-state index in [2.05, 4.69) is 15.7 Å². The van der Waals surface area contributed by atoms with Crippen LogP contribution in [0.15, 0.2) is 83.0 Å². The van der Waals surface area contributed by atoms with Crippen molar-refractivity contribution in [1.29, 1.82) is 0 Å². The first-order valence-corrected chi connectivity index (χ1v) is 8.79. The van der Waals surface area contributed by atoms with Crippen LogP contribution in [0.4, 0.5) is 11.4 Å². The van der Waals surface area contributed by atoms with Gasteiger partial charge in [-0.3, -0.25) is 4.79 Å². The molecule has 0 heterocycles. The summed E-state index contributed by atoms with van der Waals surface area (Å²) in [6.45, 7) is 1.94. The molecule has 0 radical (unpaired) electrons. The van der Waals surface area contributed by atoms with Gasteiger partial charge in [0.1, 0.15) is 5.75 Å². The van der Waals surface area contributed by atoms with Crippen molar-refractivity contribution in [3.63, 3.8) is 0 Å². The van der Waals surface area contributed by atoms with E-state index in [0.29, 0.717) is 28.3 Å². The first-order chi connectivity index (χ1) is 14.0. The topological polar surface area (TPSA) is 89.3 Å². The smallest absolute Gasteiger partial charge is 0.362 e. The summed E-state index contributed by atoms with van der Waals surface area (Å²) in [6, 6.07) is 20.4. The molecule has 0 aliphatic heterocycles. The second-order valence-corrected chi connectivity index (χ2v) is 6.14. The molecule has 0 bridgehead atoms. The van der Waals surface area contributed by atoms with Crippen molar-refractivity contribution < 1.29 is 19.2 Å². The number of carbonyl (C=O) groups is 2. The third kappa shape index (κ3) is 5.49. The number of aryl methyl sites for hydroxylation is 1. The van der Waals surface area contributed by atoms with Crippen LogP contribution in [0.2, 0.25) is 0 Å². The molecule has 3 aromatic carbocycles. The Morgan fingerprint density at radius 1 is 0.897 bits per heavy atom. The largest absolute Gasteiger partial charge is 0.497 e. The third-order valence-electron chi connectivity index (χ3n) is 3.99. The molecule has 29 heavy (non-hydrogen) atoms. The lowest BCUT2D eigenvalue weighted by Gasteiger charge is -2.07. The van der Waals surface area contributed by atoms with Gasteiger partial charge in [0.05, 0.1) is 24.0 Å². The SMILES string of the molecule is COc1cccc(C(=O)N=Nc2ccc(NOC(=O)c3ccc(C)cc3)cc2)c1. The van der Waals surface area contributed by atoms with Crippen LogP contribution in [-0.2, 0) is 4.84 Å². The predicted octanol–water partition coefficient (Wildman–Crippen LogP) is 5.11. The molecular formula is C22H19N3O4. The Morgan fingerprint density at radius 2 is 1.62 bits per heavy atom. The zero-order valence-corrected chi connectivity index (χ0v) is 16.0. The minimum absolute atomic E-state index is 0.384. The average molecular weight is 389 g/mol. The lowest BCUT2D eigenvalue weighted by molar-refractivity contribution is 0.0596. The van der Waals surface area contributed by atoms with Crippen LogP contribution in [0, 0.1) is 6.92 Å². The van der Waals surface area contributed by atoms with Crippen LogP contribution < -0.4 is 10.2 Å². The van der Waals surface area contributed by atoms with E-state index < -0.39 is 11.9 Å². The highest BCUT2D eigenvalue weighted by atomic mass is 16.7. The Bertz CT molecular complexity index is 1030. The van der Waals surface area contributed by atoms with Crippen LogP contribution in [0.25, 0.3) is 0 Å². The van der Waals surface area contributed by atoms with Crippen molar-refractivity contribution in [2.75, 3.05) is 12.6 Å². The molecular weight excluding hydrogens is 370 g/mol. The summed E-state index contributed by atoms with van der Waals surface area (Å²) in [5.74, 6) is -0.391. The van der Waals surface area contributed by atoms with Crippen LogP contribution in [-0.4, -0.2) is 19.0 Å². The fourth-order valence-corrected chi connectivity index (χ4v) is 2.37. The Balaban J connectivity index is 1.56. The molecule has 0 aromatic heterocycles. The average Bonchev–Trinajstić information content (AvgIpc) is 2.77. The maximum absolute atomic E-state index is 12.1. The van der Waals surface area contributed by atoms with E-state index in [4.69, 9.17) is 9.57 Å². The molecule has 0 fully saturated rings. The minimum Gasteiger partial charge on any atom is -0.497 e. The number of anilines is 1. The molecule has 0 atom stereocenters. The monoisotopic (exact) mass is 389 g/mol. The first-order valence-electron chi connectivity index (χ1n) is 8.79. The van der Waals surface area contributed by atoms with Crippen LogP contribution >= 0.6 is 0 Å². The summed E-state index contributed by atoms with van der Waals surface area (Å²) in [7, 11) is 1.53. The van der Waals surface area contributed by atoms with E-state index in [-0.39, 0.29) is 0 Å². The van der Waals surface area contributed by atoms with Gasteiger partial charge in [-0.15, -0.1) is 10.2 Å². The summed E-state index contributed by atoms with van der Waals surface area (Å²) in [5, 5.41) is 7.64. The number of azo groups is 1. The first kappa shape index (κ1) is 19.8. The lowest BCUT2D eigenvalue weighted by Crippen LogP contribution is -2.10. The molecule has 0 spiro atoms. The van der Waals surface area contributed by atoms with E-state index in [0.717, 1.165) is 5.56 Å². The summed E-state index contributed by atoms with van der Waals surface area (Å²) >= 11 is 0. The van der Waals surface area contributed by atoms with Gasteiger partial charge in [-0.25, -0.2) is 10.3 Å². The van der Waals surface area contributed by atoms with Gasteiger partial charge < -0.3 is 9.57 Å². The third-order valence-corrected chi connectivity index (χ3v) is 3.99. The zero-order valence-electron chi connectivity index (χ0n) is 16.0. The number of nitrogens with zero attached hydrogens (tertiary/aromatic N) is 2. The maximum Gasteiger partial charge on any atom is 0.362 e. The summed E-state index contributed by atoms with van der Waals surface area (Å²) in [4.78, 5) is 29.2. The fourth-order valence-electron chi connectivity index (χ4n) is 2.37. The van der Waals surface area contributed by atoms with Gasteiger partial charge in [0.15, 0.2) is 0 Å². The molecule has 1 amide bonds. The van der Waals surface area contributed by atoms with Gasteiger partial charge in [-0.2, -0.15) is 0 Å². The number of rotatable bonds is 6. The number of amides is 1. The van der Waals surface area contributed by atoms with E-state index >= 15 is 0 Å². The van der Waals surface area contributed by atoms with Crippen LogP contribution in [0.5, 0.6) is 5.75 Å². The maximum atomic E-state index is 12.1. The van der Waals surface area contributed by atoms with Gasteiger partial charge in [0, 0.05) is 5.56 Å². The van der Waals surface area contributed by atoms with Crippen molar-refractivity contribution in [3.8, 4) is 5.75 Å². The van der Waals surface area contributed by atoms with Gasteiger partial charge >= 0.3 is 5.97 Å². The van der Waals surface area contributed by atoms with Gasteiger partial charge in [-0.1, -0.05) is 23.8 Å². The fraction of sp³-hybridized carbons (Fsp3) is 0.0909. The molecule has 0 aliphatic carbocycles. The molecule has 3 aromatic rings. The second-order valence-electron chi connectivity index (χ2n) is 6.14. The normalized spacial score (nSPS) is 10.6. The number of hydrogen-bond acceptors (Lipinski definition) is 6. The summed E-state index contributed by atoms with van der Waals surface area (Å²) in [5.41, 5.74) is 5.52.